The van der Waals surface area contributed by atoms with Gasteiger partial charge in [0.05, 0.1) is 10.0 Å². The van der Waals surface area contributed by atoms with Gasteiger partial charge in [-0.05, 0) is 30.2 Å². The maximum absolute atomic E-state index is 6.01. The molecule has 5 heteroatoms. The summed E-state index contributed by atoms with van der Waals surface area (Å²) in [6.07, 6.45) is 5.16. The summed E-state index contributed by atoms with van der Waals surface area (Å²) in [7, 11) is 0. The van der Waals surface area contributed by atoms with E-state index in [1.54, 1.807) is 18.5 Å². The van der Waals surface area contributed by atoms with Crippen molar-refractivity contribution in [1.29, 1.82) is 0 Å². The molecule has 2 aromatic heterocycles. The van der Waals surface area contributed by atoms with Crippen molar-refractivity contribution >= 4 is 29.0 Å². The second-order valence-electron chi connectivity index (χ2n) is 3.64. The van der Waals surface area contributed by atoms with E-state index in [4.69, 9.17) is 23.2 Å². The minimum absolute atomic E-state index is 0.518. The van der Waals surface area contributed by atoms with Crippen LogP contribution in [0, 0.1) is 6.92 Å². The van der Waals surface area contributed by atoms with Gasteiger partial charge in [0.25, 0.3) is 0 Å². The lowest BCUT2D eigenvalue weighted by atomic mass is 10.1. The van der Waals surface area contributed by atoms with Gasteiger partial charge in [-0.2, -0.15) is 0 Å². The molecule has 0 spiro atoms. The van der Waals surface area contributed by atoms with Crippen molar-refractivity contribution in [3.05, 3.63) is 51.9 Å². The first-order valence-corrected chi connectivity index (χ1v) is 5.87. The van der Waals surface area contributed by atoms with Crippen molar-refractivity contribution < 1.29 is 0 Å². The van der Waals surface area contributed by atoms with Gasteiger partial charge < -0.3 is 5.32 Å². The first kappa shape index (κ1) is 12.1. The maximum Gasteiger partial charge on any atom is 0.145 e. The molecule has 2 heterocycles. The van der Waals surface area contributed by atoms with E-state index in [0.29, 0.717) is 22.4 Å². The fourth-order valence-corrected chi connectivity index (χ4v) is 1.87. The number of anilines is 1. The van der Waals surface area contributed by atoms with Gasteiger partial charge in [-0.3, -0.25) is 4.98 Å². The predicted molar refractivity (Wildman–Crippen MR) is 70.6 cm³/mol. The molecule has 3 nitrogen and oxygen atoms in total. The lowest BCUT2D eigenvalue weighted by molar-refractivity contribution is 1.07. The largest absolute Gasteiger partial charge is 0.365 e. The number of aryl methyl sites for hydroxylation is 1. The normalized spacial score (nSPS) is 10.3. The van der Waals surface area contributed by atoms with Gasteiger partial charge in [-0.15, -0.1) is 0 Å². The number of pyridine rings is 2. The molecule has 0 aliphatic heterocycles. The molecule has 1 N–H and O–H groups in total. The zero-order chi connectivity index (χ0) is 12.3. The zero-order valence-electron chi connectivity index (χ0n) is 9.24. The number of halogens is 2. The van der Waals surface area contributed by atoms with Gasteiger partial charge in [-0.1, -0.05) is 23.2 Å². The lowest BCUT2D eigenvalue weighted by Gasteiger charge is -2.09. The Bertz CT molecular complexity index is 529. The molecular weight excluding hydrogens is 257 g/mol. The van der Waals surface area contributed by atoms with Crippen LogP contribution in [0.1, 0.15) is 11.1 Å². The van der Waals surface area contributed by atoms with Crippen LogP contribution in [0.25, 0.3) is 0 Å². The molecule has 2 rings (SSSR count). The van der Waals surface area contributed by atoms with E-state index in [1.165, 1.54) is 0 Å². The Morgan fingerprint density at radius 1 is 1.29 bits per heavy atom. The molecular formula is C12H11Cl2N3. The van der Waals surface area contributed by atoms with Crippen LogP contribution in [0.3, 0.4) is 0 Å². The van der Waals surface area contributed by atoms with Crippen molar-refractivity contribution in [2.75, 3.05) is 5.32 Å². The third-order valence-electron chi connectivity index (χ3n) is 2.39. The van der Waals surface area contributed by atoms with Crippen molar-refractivity contribution in [2.45, 2.75) is 13.5 Å². The summed E-state index contributed by atoms with van der Waals surface area (Å²) in [5.41, 5.74) is 2.29. The van der Waals surface area contributed by atoms with E-state index < -0.39 is 0 Å². The molecule has 0 radical (unpaired) electrons. The van der Waals surface area contributed by atoms with E-state index >= 15 is 0 Å². The zero-order valence-corrected chi connectivity index (χ0v) is 10.8. The van der Waals surface area contributed by atoms with E-state index in [0.717, 1.165) is 11.1 Å². The van der Waals surface area contributed by atoms with E-state index in [-0.39, 0.29) is 0 Å². The number of rotatable bonds is 3. The summed E-state index contributed by atoms with van der Waals surface area (Å²) in [6.45, 7) is 2.67. The minimum Gasteiger partial charge on any atom is -0.365 e. The summed E-state index contributed by atoms with van der Waals surface area (Å²) in [6, 6.07) is 3.63. The van der Waals surface area contributed by atoms with Crippen LogP contribution in [0.15, 0.2) is 30.7 Å². The summed E-state index contributed by atoms with van der Waals surface area (Å²) in [5.74, 6) is 0.632. The number of hydrogen-bond acceptors (Lipinski definition) is 3. The molecule has 0 unspecified atom stereocenters. The highest BCUT2D eigenvalue weighted by Gasteiger charge is 2.03. The molecule has 2 aromatic rings. The van der Waals surface area contributed by atoms with Crippen molar-refractivity contribution in [3.63, 3.8) is 0 Å². The van der Waals surface area contributed by atoms with Crippen LogP contribution < -0.4 is 5.32 Å². The molecule has 0 aliphatic rings. The highest BCUT2D eigenvalue weighted by molar-refractivity contribution is 6.35. The first-order chi connectivity index (χ1) is 8.16. The van der Waals surface area contributed by atoms with E-state index in [9.17, 15) is 0 Å². The summed E-state index contributed by atoms with van der Waals surface area (Å²) in [5, 5.41) is 4.21. The number of aromatic nitrogens is 2. The van der Waals surface area contributed by atoms with Crippen LogP contribution in [0.5, 0.6) is 0 Å². The van der Waals surface area contributed by atoms with Crippen LogP contribution in [0.2, 0.25) is 10.0 Å². The molecule has 0 bridgehead atoms. The quantitative estimate of drug-likeness (QED) is 0.922. The Kier molecular flexibility index (Phi) is 3.82. The highest BCUT2D eigenvalue weighted by Crippen LogP contribution is 2.23. The Morgan fingerprint density at radius 2 is 2.12 bits per heavy atom. The van der Waals surface area contributed by atoms with E-state index in [2.05, 4.69) is 15.3 Å². The topological polar surface area (TPSA) is 37.8 Å². The Labute approximate surface area is 110 Å². The highest BCUT2D eigenvalue weighted by atomic mass is 35.5. The van der Waals surface area contributed by atoms with Crippen LogP contribution in [0.4, 0.5) is 5.82 Å². The molecule has 0 saturated heterocycles. The maximum atomic E-state index is 6.01. The Morgan fingerprint density at radius 3 is 2.82 bits per heavy atom. The summed E-state index contributed by atoms with van der Waals surface area (Å²) >= 11 is 11.8. The van der Waals surface area contributed by atoms with Crippen molar-refractivity contribution in [1.82, 2.24) is 9.97 Å². The molecule has 17 heavy (non-hydrogen) atoms. The molecule has 0 amide bonds. The van der Waals surface area contributed by atoms with E-state index in [1.807, 2.05) is 19.2 Å². The van der Waals surface area contributed by atoms with Gasteiger partial charge in [0, 0.05) is 25.1 Å². The van der Waals surface area contributed by atoms with Crippen LogP contribution in [-0.4, -0.2) is 9.97 Å². The average molecular weight is 268 g/mol. The molecule has 0 atom stereocenters. The average Bonchev–Trinajstić information content (AvgIpc) is 2.30. The monoisotopic (exact) mass is 267 g/mol. The summed E-state index contributed by atoms with van der Waals surface area (Å²) in [4.78, 5) is 8.17. The molecule has 0 aromatic carbocycles. The van der Waals surface area contributed by atoms with Gasteiger partial charge in [0.2, 0.25) is 0 Å². The number of nitrogens with zero attached hydrogens (tertiary/aromatic N) is 2. The Balaban J connectivity index is 2.10. The molecule has 0 saturated carbocycles. The molecule has 0 aliphatic carbocycles. The number of nitrogens with one attached hydrogen (secondary N) is 1. The third kappa shape index (κ3) is 3.08. The smallest absolute Gasteiger partial charge is 0.145 e. The minimum atomic E-state index is 0.518. The van der Waals surface area contributed by atoms with Gasteiger partial charge >= 0.3 is 0 Å². The predicted octanol–water partition coefficient (Wildman–Crippen LogP) is 3.70. The Hall–Kier alpha value is -1.32. The number of hydrogen-bond donors (Lipinski definition) is 1. The van der Waals surface area contributed by atoms with Gasteiger partial charge in [-0.25, -0.2) is 4.98 Å². The van der Waals surface area contributed by atoms with Gasteiger partial charge in [0.1, 0.15) is 5.82 Å². The second kappa shape index (κ2) is 5.34. The fraction of sp³-hybridized carbons (Fsp3) is 0.167. The van der Waals surface area contributed by atoms with Crippen LogP contribution >= 0.6 is 23.2 Å². The lowest BCUT2D eigenvalue weighted by Crippen LogP contribution is -2.03. The van der Waals surface area contributed by atoms with Crippen LogP contribution in [-0.2, 0) is 6.54 Å². The van der Waals surface area contributed by atoms with Gasteiger partial charge in [0.15, 0.2) is 0 Å². The first-order valence-electron chi connectivity index (χ1n) is 5.11. The van der Waals surface area contributed by atoms with Crippen molar-refractivity contribution in [2.24, 2.45) is 0 Å². The standard InChI is InChI=1S/C12H11Cl2N3/c1-8-5-15-3-2-9(8)6-16-12-11(14)4-10(13)7-17-12/h2-5,7H,6H2,1H3,(H,16,17). The molecule has 88 valence electrons. The third-order valence-corrected chi connectivity index (χ3v) is 2.89. The fourth-order valence-electron chi connectivity index (χ4n) is 1.42. The molecule has 0 fully saturated rings. The SMILES string of the molecule is Cc1cnccc1CNc1ncc(Cl)cc1Cl. The second-order valence-corrected chi connectivity index (χ2v) is 4.48. The summed E-state index contributed by atoms with van der Waals surface area (Å²) < 4.78 is 0. The van der Waals surface area contributed by atoms with Crippen molar-refractivity contribution in [3.8, 4) is 0 Å².